The van der Waals surface area contributed by atoms with Crippen LogP contribution in [0, 0.1) is 6.57 Å². The van der Waals surface area contributed by atoms with Crippen LogP contribution in [0.4, 0.5) is 0 Å². The normalized spacial score (nSPS) is 12.8. The van der Waals surface area contributed by atoms with Gasteiger partial charge in [0.25, 0.3) is 5.91 Å². The Balaban J connectivity index is 0.000000758. The molecule has 0 aliphatic carbocycles. The fourth-order valence-electron chi connectivity index (χ4n) is 2.84. The lowest BCUT2D eigenvalue weighted by atomic mass is 9.96. The van der Waals surface area contributed by atoms with Crippen molar-refractivity contribution in [2.75, 3.05) is 20.1 Å². The van der Waals surface area contributed by atoms with E-state index in [2.05, 4.69) is 35.2 Å². The molecule has 4 heteroatoms. The summed E-state index contributed by atoms with van der Waals surface area (Å²) in [7, 11) is 1.42. The zero-order valence-electron chi connectivity index (χ0n) is 15.1. The second kappa shape index (κ2) is 9.33. The summed E-state index contributed by atoms with van der Waals surface area (Å²) in [5.41, 5.74) is 4.01. The van der Waals surface area contributed by atoms with E-state index >= 15 is 0 Å². The second-order valence-corrected chi connectivity index (χ2v) is 6.06. The number of nitrogens with zero attached hydrogens (tertiary/aromatic N) is 2. The van der Waals surface area contributed by atoms with Crippen molar-refractivity contribution in [1.29, 1.82) is 0 Å². The zero-order chi connectivity index (χ0) is 18.9. The Labute approximate surface area is 154 Å². The highest BCUT2D eigenvalue weighted by atomic mass is 16.2. The lowest BCUT2D eigenvalue weighted by Gasteiger charge is -2.27. The predicted octanol–water partition coefficient (Wildman–Crippen LogP) is 3.98. The van der Waals surface area contributed by atoms with Gasteiger partial charge in [-0.3, -0.25) is 9.59 Å². The molecular formula is C22H22N2O2. The molecule has 1 aliphatic rings. The van der Waals surface area contributed by atoms with Crippen molar-refractivity contribution in [3.05, 3.63) is 82.2 Å². The minimum absolute atomic E-state index is 0.0178. The molecule has 26 heavy (non-hydrogen) atoms. The number of rotatable bonds is 4. The first-order valence-electron chi connectivity index (χ1n) is 8.45. The number of fused-ring (bicyclic) bond motifs is 1. The summed E-state index contributed by atoms with van der Waals surface area (Å²) in [5, 5.41) is 0. The van der Waals surface area contributed by atoms with E-state index in [-0.39, 0.29) is 18.2 Å². The summed E-state index contributed by atoms with van der Waals surface area (Å²) in [5.74, 6) is -0.0238. The highest BCUT2D eigenvalue weighted by molar-refractivity contribution is 5.99. The molecule has 0 unspecified atom stereocenters. The first-order chi connectivity index (χ1) is 12.5. The van der Waals surface area contributed by atoms with Gasteiger partial charge in [-0.25, -0.2) is 6.57 Å². The third-order valence-corrected chi connectivity index (χ3v) is 3.98. The van der Waals surface area contributed by atoms with Crippen LogP contribution in [0.25, 0.3) is 17.0 Å². The zero-order valence-corrected chi connectivity index (χ0v) is 15.1. The molecule has 0 atom stereocenters. The quantitative estimate of drug-likeness (QED) is 0.621. The number of carbonyl (C=O) groups is 2. The molecule has 0 spiro atoms. The molecule has 0 N–H and O–H groups in total. The Morgan fingerprint density at radius 2 is 1.81 bits per heavy atom. The van der Waals surface area contributed by atoms with Gasteiger partial charge in [0.1, 0.15) is 5.78 Å². The molecule has 4 nitrogen and oxygen atoms in total. The largest absolute Gasteiger partial charge is 0.331 e. The fourth-order valence-corrected chi connectivity index (χ4v) is 2.84. The third-order valence-electron chi connectivity index (χ3n) is 3.98. The van der Waals surface area contributed by atoms with Crippen LogP contribution in [0.1, 0.15) is 34.0 Å². The van der Waals surface area contributed by atoms with Gasteiger partial charge in [-0.15, -0.1) is 0 Å². The first kappa shape index (κ1) is 19.1. The number of ketones is 1. The molecule has 2 aromatic rings. The maximum absolute atomic E-state index is 12.4. The maximum atomic E-state index is 12.4. The molecule has 0 saturated carbocycles. The van der Waals surface area contributed by atoms with Crippen molar-refractivity contribution in [2.45, 2.75) is 13.3 Å². The standard InChI is InChI=1S/C20H19NO2.C2H3N/c1-15(22)14-21-12-11-18-13-17(9-10-19(18)20(21)23)8-7-16-5-3-2-4-6-16;1-3-2/h2-10,13H,11-12,14H2,1H3;1H3/b8-7+;. The van der Waals surface area contributed by atoms with E-state index in [4.69, 9.17) is 6.57 Å². The summed E-state index contributed by atoms with van der Waals surface area (Å²) < 4.78 is 0. The van der Waals surface area contributed by atoms with E-state index in [1.54, 1.807) is 4.90 Å². The van der Waals surface area contributed by atoms with Crippen LogP contribution in [-0.2, 0) is 11.2 Å². The average Bonchev–Trinajstić information content (AvgIpc) is 2.63. The molecular weight excluding hydrogens is 324 g/mol. The van der Waals surface area contributed by atoms with E-state index in [0.29, 0.717) is 6.54 Å². The average molecular weight is 346 g/mol. The lowest BCUT2D eigenvalue weighted by Crippen LogP contribution is -2.40. The van der Waals surface area contributed by atoms with Gasteiger partial charge in [-0.2, -0.15) is 0 Å². The van der Waals surface area contributed by atoms with E-state index < -0.39 is 0 Å². The topological polar surface area (TPSA) is 41.7 Å². The smallest absolute Gasteiger partial charge is 0.254 e. The monoisotopic (exact) mass is 346 g/mol. The Morgan fingerprint density at radius 1 is 1.15 bits per heavy atom. The highest BCUT2D eigenvalue weighted by Crippen LogP contribution is 2.21. The van der Waals surface area contributed by atoms with Crippen molar-refractivity contribution >= 4 is 23.8 Å². The van der Waals surface area contributed by atoms with Gasteiger partial charge in [0.15, 0.2) is 0 Å². The molecule has 0 bridgehead atoms. The molecule has 3 rings (SSSR count). The number of carbonyl (C=O) groups excluding carboxylic acids is 2. The Kier molecular flexibility index (Phi) is 6.87. The second-order valence-electron chi connectivity index (χ2n) is 6.06. The highest BCUT2D eigenvalue weighted by Gasteiger charge is 2.24. The Bertz CT molecular complexity index is 848. The van der Waals surface area contributed by atoms with Crippen molar-refractivity contribution in [3.8, 4) is 0 Å². The van der Waals surface area contributed by atoms with Gasteiger partial charge in [0.05, 0.1) is 6.54 Å². The molecule has 0 radical (unpaired) electrons. The molecule has 1 amide bonds. The molecule has 0 saturated heterocycles. The first-order valence-corrected chi connectivity index (χ1v) is 8.45. The van der Waals surface area contributed by atoms with Crippen LogP contribution < -0.4 is 0 Å². The SMILES string of the molecule is CC(=O)CN1CCc2cc(/C=C/c3ccccc3)ccc2C1=O.[C-]#[N+]C. The fraction of sp³-hybridized carbons (Fsp3) is 0.227. The lowest BCUT2D eigenvalue weighted by molar-refractivity contribution is -0.117. The van der Waals surface area contributed by atoms with Gasteiger partial charge in [-0.1, -0.05) is 54.6 Å². The number of hydrogen-bond donors (Lipinski definition) is 0. The molecule has 1 aliphatic heterocycles. The van der Waals surface area contributed by atoms with Crippen molar-refractivity contribution < 1.29 is 9.59 Å². The van der Waals surface area contributed by atoms with E-state index in [1.165, 1.54) is 14.0 Å². The van der Waals surface area contributed by atoms with Gasteiger partial charge in [0.2, 0.25) is 7.05 Å². The summed E-state index contributed by atoms with van der Waals surface area (Å²) >= 11 is 0. The third kappa shape index (κ3) is 5.15. The van der Waals surface area contributed by atoms with Crippen LogP contribution in [0.5, 0.6) is 0 Å². The Morgan fingerprint density at radius 3 is 2.46 bits per heavy atom. The predicted molar refractivity (Wildman–Crippen MR) is 105 cm³/mol. The van der Waals surface area contributed by atoms with Gasteiger partial charge < -0.3 is 9.74 Å². The molecule has 2 aromatic carbocycles. The summed E-state index contributed by atoms with van der Waals surface area (Å²) in [6.07, 6.45) is 4.91. The van der Waals surface area contributed by atoms with E-state index in [0.717, 1.165) is 28.7 Å². The van der Waals surface area contributed by atoms with Crippen LogP contribution in [0.15, 0.2) is 48.5 Å². The number of Topliss-reactive ketones (excluding diaryl/α,β-unsaturated/α-hetero) is 1. The van der Waals surface area contributed by atoms with Crippen molar-refractivity contribution in [3.63, 3.8) is 0 Å². The van der Waals surface area contributed by atoms with Crippen LogP contribution >= 0.6 is 0 Å². The van der Waals surface area contributed by atoms with Gasteiger partial charge in [-0.05, 0) is 36.1 Å². The number of amides is 1. The van der Waals surface area contributed by atoms with E-state index in [9.17, 15) is 9.59 Å². The maximum Gasteiger partial charge on any atom is 0.254 e. The molecule has 0 aromatic heterocycles. The minimum Gasteiger partial charge on any atom is -0.331 e. The summed E-state index contributed by atoms with van der Waals surface area (Å²) in [6.45, 7) is 8.16. The van der Waals surface area contributed by atoms with Crippen molar-refractivity contribution in [1.82, 2.24) is 4.90 Å². The molecule has 132 valence electrons. The van der Waals surface area contributed by atoms with E-state index in [1.807, 2.05) is 30.3 Å². The van der Waals surface area contributed by atoms with Crippen molar-refractivity contribution in [2.24, 2.45) is 0 Å². The molecule has 0 fully saturated rings. The number of hydrogen-bond acceptors (Lipinski definition) is 2. The number of benzene rings is 2. The van der Waals surface area contributed by atoms with Crippen LogP contribution in [0.3, 0.4) is 0 Å². The Hall–Kier alpha value is -3.19. The minimum atomic E-state index is -0.0416. The summed E-state index contributed by atoms with van der Waals surface area (Å²) in [6, 6.07) is 16.0. The van der Waals surface area contributed by atoms with Crippen LogP contribution in [-0.4, -0.2) is 36.7 Å². The van der Waals surface area contributed by atoms with Crippen LogP contribution in [0.2, 0.25) is 0 Å². The summed E-state index contributed by atoms with van der Waals surface area (Å²) in [4.78, 5) is 28.0. The van der Waals surface area contributed by atoms with Gasteiger partial charge >= 0.3 is 0 Å². The molecule has 1 heterocycles. The van der Waals surface area contributed by atoms with Gasteiger partial charge in [0, 0.05) is 12.1 Å².